The number of nitrogens with one attached hydrogen (secondary N) is 1. The molecule has 3 aliphatic rings. The summed E-state index contributed by atoms with van der Waals surface area (Å²) in [5.41, 5.74) is 6.34. The smallest absolute Gasteiger partial charge is 0.408 e. The van der Waals surface area contributed by atoms with Gasteiger partial charge in [0.25, 0.3) is 0 Å². The van der Waals surface area contributed by atoms with Crippen molar-refractivity contribution in [3.05, 3.63) is 71.8 Å². The van der Waals surface area contributed by atoms with Gasteiger partial charge < -0.3 is 35.5 Å². The fraction of sp³-hybridized carbons (Fsp3) is 0.659. The topological polar surface area (TPSA) is 157 Å². The third-order valence-electron chi connectivity index (χ3n) is 11.9. The Morgan fingerprint density at radius 1 is 0.685 bits per heavy atom. The number of methoxy groups -OCH3 is 2. The maximum atomic E-state index is 13.1. The minimum absolute atomic E-state index is 0.114. The van der Waals surface area contributed by atoms with Crippen molar-refractivity contribution < 1.29 is 38.8 Å². The van der Waals surface area contributed by atoms with Crippen LogP contribution in [0.5, 0.6) is 0 Å². The molecule has 2 aromatic carbocycles. The number of nitrogens with two attached hydrogens (primary N) is 1. The molecule has 3 fully saturated rings. The first-order valence-electron chi connectivity index (χ1n) is 20.4. The van der Waals surface area contributed by atoms with E-state index >= 15 is 0 Å². The van der Waals surface area contributed by atoms with Crippen molar-refractivity contribution in [2.75, 3.05) is 14.2 Å². The first-order chi connectivity index (χ1) is 26.0. The summed E-state index contributed by atoms with van der Waals surface area (Å²) in [6.45, 7) is 0.116. The summed E-state index contributed by atoms with van der Waals surface area (Å²) in [5.74, 6) is 0.425. The van der Waals surface area contributed by atoms with Crippen LogP contribution in [0.25, 0.3) is 0 Å². The number of amides is 1. The lowest BCUT2D eigenvalue weighted by Gasteiger charge is -2.37. The molecule has 6 atom stereocenters. The summed E-state index contributed by atoms with van der Waals surface area (Å²) in [5, 5.41) is 22.9. The van der Waals surface area contributed by atoms with Crippen molar-refractivity contribution in [3.8, 4) is 0 Å². The molecule has 0 bridgehead atoms. The second-order valence-corrected chi connectivity index (χ2v) is 16.2. The van der Waals surface area contributed by atoms with Crippen LogP contribution in [-0.2, 0) is 36.8 Å². The van der Waals surface area contributed by atoms with Gasteiger partial charge in [0.15, 0.2) is 0 Å². The van der Waals surface area contributed by atoms with Crippen molar-refractivity contribution in [1.29, 1.82) is 0 Å². The molecule has 5 rings (SSSR count). The van der Waals surface area contributed by atoms with Crippen LogP contribution < -0.4 is 11.1 Å². The van der Waals surface area contributed by atoms with Crippen molar-refractivity contribution >= 4 is 18.0 Å². The van der Waals surface area contributed by atoms with Gasteiger partial charge in [-0.05, 0) is 93.1 Å². The molecule has 0 radical (unpaired) electrons. The number of carbonyl (C=O) groups excluding carboxylic acids is 3. The Morgan fingerprint density at radius 3 is 1.78 bits per heavy atom. The summed E-state index contributed by atoms with van der Waals surface area (Å²) < 4.78 is 15.6. The zero-order valence-electron chi connectivity index (χ0n) is 32.7. The third-order valence-corrected chi connectivity index (χ3v) is 11.9. The Morgan fingerprint density at radius 2 is 1.22 bits per heavy atom. The number of aliphatic hydroxyl groups excluding tert-OH is 2. The van der Waals surface area contributed by atoms with E-state index in [1.807, 2.05) is 60.7 Å². The van der Waals surface area contributed by atoms with E-state index in [2.05, 4.69) is 5.32 Å². The van der Waals surface area contributed by atoms with Crippen LogP contribution in [0.4, 0.5) is 4.79 Å². The summed E-state index contributed by atoms with van der Waals surface area (Å²) in [4.78, 5) is 38.1. The van der Waals surface area contributed by atoms with Crippen LogP contribution in [0.3, 0.4) is 0 Å². The fourth-order valence-corrected chi connectivity index (χ4v) is 8.94. The SMILES string of the molecule is COC(=O)[C@@](CCc1ccccc1)(C[C@H]1CCC[C@H](O)C1)NC(=O)OCc1ccccc1.COC(=O)[C@@](N)(CCC1CCCCC1)C[C@H]1CCC[C@H](O)C1. The van der Waals surface area contributed by atoms with Gasteiger partial charge in [-0.2, -0.15) is 0 Å². The average molecular weight is 751 g/mol. The van der Waals surface area contributed by atoms with Crippen LogP contribution in [0, 0.1) is 17.8 Å². The summed E-state index contributed by atoms with van der Waals surface area (Å²) in [6.07, 6.45) is 16.0. The van der Waals surface area contributed by atoms with Crippen LogP contribution in [0.2, 0.25) is 0 Å². The lowest BCUT2D eigenvalue weighted by Crippen LogP contribution is -2.56. The van der Waals surface area contributed by atoms with Crippen LogP contribution >= 0.6 is 0 Å². The van der Waals surface area contributed by atoms with E-state index in [4.69, 9.17) is 19.9 Å². The Labute approximate surface area is 322 Å². The third kappa shape index (κ3) is 14.0. The highest BCUT2D eigenvalue weighted by molar-refractivity contribution is 5.86. The van der Waals surface area contributed by atoms with Gasteiger partial charge in [-0.3, -0.25) is 4.79 Å². The van der Waals surface area contributed by atoms with E-state index in [9.17, 15) is 24.6 Å². The lowest BCUT2D eigenvalue weighted by molar-refractivity contribution is -0.150. The highest BCUT2D eigenvalue weighted by Crippen LogP contribution is 2.36. The quantitative estimate of drug-likeness (QED) is 0.107. The molecule has 0 aliphatic heterocycles. The van der Waals surface area contributed by atoms with Gasteiger partial charge in [0, 0.05) is 0 Å². The molecule has 5 N–H and O–H groups in total. The van der Waals surface area contributed by atoms with Crippen molar-refractivity contribution in [3.63, 3.8) is 0 Å². The standard InChI is InChI=1S/C26H33NO5.C18H33NO3/c1-31-24(29)26(16-15-20-9-4-2-5-10-20,18-22-13-8-14-23(28)17-22)27-25(30)32-19-21-11-6-3-7-12-21;1-22-17(21)18(19,11-10-14-6-3-2-4-7-14)13-15-8-5-9-16(20)12-15/h2-7,9-12,22-23,28H,8,13-19H2,1H3,(H,27,30);14-16,20H,2-13,19H2,1H3/t22-,23-,26+;15-,16-,18+/m00/s1. The molecule has 300 valence electrons. The summed E-state index contributed by atoms with van der Waals surface area (Å²) >= 11 is 0. The molecule has 0 saturated heterocycles. The molecule has 0 unspecified atom stereocenters. The van der Waals surface area contributed by atoms with E-state index in [0.29, 0.717) is 38.0 Å². The maximum absolute atomic E-state index is 13.1. The van der Waals surface area contributed by atoms with E-state index in [0.717, 1.165) is 74.8 Å². The molecule has 54 heavy (non-hydrogen) atoms. The van der Waals surface area contributed by atoms with Crippen molar-refractivity contribution in [2.45, 2.75) is 152 Å². The number of ether oxygens (including phenoxy) is 3. The van der Waals surface area contributed by atoms with E-state index in [1.54, 1.807) is 0 Å². The summed E-state index contributed by atoms with van der Waals surface area (Å²) in [7, 11) is 2.77. The zero-order chi connectivity index (χ0) is 38.8. The Kier molecular flexibility index (Phi) is 17.8. The van der Waals surface area contributed by atoms with Crippen molar-refractivity contribution in [1.82, 2.24) is 5.32 Å². The molecule has 10 heteroatoms. The molecule has 3 saturated carbocycles. The number of carbonyl (C=O) groups is 3. The lowest BCUT2D eigenvalue weighted by atomic mass is 9.75. The minimum Gasteiger partial charge on any atom is -0.468 e. The average Bonchev–Trinajstić information content (AvgIpc) is 3.19. The highest BCUT2D eigenvalue weighted by atomic mass is 16.6. The highest BCUT2D eigenvalue weighted by Gasteiger charge is 2.44. The normalized spacial score (nSPS) is 24.0. The van der Waals surface area contributed by atoms with Gasteiger partial charge in [0.05, 0.1) is 26.4 Å². The molecule has 2 aromatic rings. The zero-order valence-corrected chi connectivity index (χ0v) is 32.7. The van der Waals surface area contributed by atoms with Crippen LogP contribution in [0.1, 0.15) is 127 Å². The first kappa shape index (κ1) is 43.3. The number of benzene rings is 2. The second kappa shape index (κ2) is 22.2. The van der Waals surface area contributed by atoms with Gasteiger partial charge >= 0.3 is 18.0 Å². The predicted octanol–water partition coefficient (Wildman–Crippen LogP) is 7.56. The number of aryl methyl sites for hydroxylation is 1. The minimum atomic E-state index is -1.22. The predicted molar refractivity (Wildman–Crippen MR) is 209 cm³/mol. The monoisotopic (exact) mass is 750 g/mol. The first-order valence-corrected chi connectivity index (χ1v) is 20.4. The second-order valence-electron chi connectivity index (χ2n) is 16.2. The van der Waals surface area contributed by atoms with Crippen LogP contribution in [-0.4, -0.2) is 65.8 Å². The Hall–Kier alpha value is -3.47. The number of rotatable bonds is 15. The fourth-order valence-electron chi connectivity index (χ4n) is 8.94. The number of aliphatic hydroxyl groups is 2. The van der Waals surface area contributed by atoms with Crippen LogP contribution in [0.15, 0.2) is 60.7 Å². The number of alkyl carbamates (subject to hydrolysis) is 1. The van der Waals surface area contributed by atoms with Gasteiger partial charge in [0.2, 0.25) is 0 Å². The van der Waals surface area contributed by atoms with Gasteiger partial charge in [0.1, 0.15) is 17.7 Å². The maximum Gasteiger partial charge on any atom is 0.408 e. The van der Waals surface area contributed by atoms with E-state index in [-0.39, 0.29) is 30.7 Å². The van der Waals surface area contributed by atoms with Gasteiger partial charge in [-0.1, -0.05) is 118 Å². The molecular weight excluding hydrogens is 684 g/mol. The Bertz CT molecular complexity index is 1400. The molecule has 10 nitrogen and oxygen atoms in total. The largest absolute Gasteiger partial charge is 0.468 e. The molecule has 0 aromatic heterocycles. The molecular formula is C44H66N2O8. The van der Waals surface area contributed by atoms with E-state index < -0.39 is 23.1 Å². The number of hydrogen-bond donors (Lipinski definition) is 4. The summed E-state index contributed by atoms with van der Waals surface area (Å²) in [6, 6.07) is 19.3. The number of hydrogen-bond acceptors (Lipinski definition) is 9. The molecule has 0 heterocycles. The molecule has 3 aliphatic carbocycles. The van der Waals surface area contributed by atoms with Gasteiger partial charge in [-0.25, -0.2) is 9.59 Å². The molecule has 0 spiro atoms. The van der Waals surface area contributed by atoms with Crippen molar-refractivity contribution in [2.24, 2.45) is 23.5 Å². The molecule has 1 amide bonds. The number of esters is 2. The van der Waals surface area contributed by atoms with Gasteiger partial charge in [-0.15, -0.1) is 0 Å². The Balaban J connectivity index is 0.000000258. The van der Waals surface area contributed by atoms with E-state index in [1.165, 1.54) is 46.3 Å².